The molecule has 66 valence electrons. The first-order valence-corrected chi connectivity index (χ1v) is 5.47. The second kappa shape index (κ2) is 3.20. The van der Waals surface area contributed by atoms with Crippen LogP contribution in [-0.2, 0) is 0 Å². The maximum atomic E-state index is 9.25. The largest absolute Gasteiger partial charge is 0.381 e. The lowest BCUT2D eigenvalue weighted by molar-refractivity contribution is 0.276. The van der Waals surface area contributed by atoms with Crippen LogP contribution in [0, 0.1) is 6.92 Å². The molecule has 6 heteroatoms. The van der Waals surface area contributed by atoms with Gasteiger partial charge in [0.1, 0.15) is 10.4 Å². The van der Waals surface area contributed by atoms with Gasteiger partial charge in [0.15, 0.2) is 0 Å². The molecule has 2 rings (SSSR count). The van der Waals surface area contributed by atoms with E-state index in [9.17, 15) is 5.11 Å². The molecule has 1 aromatic rings. The fourth-order valence-corrected chi connectivity index (χ4v) is 2.66. The van der Waals surface area contributed by atoms with Crippen molar-refractivity contribution in [2.75, 3.05) is 17.3 Å². The van der Waals surface area contributed by atoms with E-state index in [0.29, 0.717) is 6.54 Å². The number of nitrogens with zero attached hydrogens (tertiary/aromatic N) is 3. The summed E-state index contributed by atoms with van der Waals surface area (Å²) in [5, 5.41) is 19.1. The van der Waals surface area contributed by atoms with Gasteiger partial charge in [-0.25, -0.2) is 0 Å². The summed E-state index contributed by atoms with van der Waals surface area (Å²) in [5.41, 5.74) is -0.269. The lowest BCUT2D eigenvalue weighted by Crippen LogP contribution is -2.20. The van der Waals surface area contributed by atoms with E-state index in [2.05, 4.69) is 10.2 Å². The van der Waals surface area contributed by atoms with Crippen molar-refractivity contribution >= 4 is 28.2 Å². The van der Waals surface area contributed by atoms with Crippen LogP contribution in [0.15, 0.2) is 0 Å². The molecule has 1 aromatic heterocycles. The molecule has 1 atom stereocenters. The summed E-state index contributed by atoms with van der Waals surface area (Å²) in [6, 6.07) is 0. The number of aryl methyl sites for hydroxylation is 1. The lowest BCUT2D eigenvalue weighted by atomic mass is 10.6. The van der Waals surface area contributed by atoms with Crippen molar-refractivity contribution < 1.29 is 5.11 Å². The zero-order valence-electron chi connectivity index (χ0n) is 6.60. The summed E-state index contributed by atoms with van der Waals surface area (Å²) in [5.74, 6) is 0.815. The molecule has 1 aliphatic rings. The number of thioether (sulfide) groups is 1. The molecule has 0 radical (unpaired) electrons. The van der Waals surface area contributed by atoms with Crippen molar-refractivity contribution in [2.24, 2.45) is 0 Å². The summed E-state index contributed by atoms with van der Waals surface area (Å²) in [6.45, 7) is 2.60. The van der Waals surface area contributed by atoms with Gasteiger partial charge in [-0.2, -0.15) is 0 Å². The molecule has 0 aromatic carbocycles. The second-order valence-corrected chi connectivity index (χ2v) is 4.87. The molecule has 0 aliphatic carbocycles. The van der Waals surface area contributed by atoms with Crippen LogP contribution in [0.25, 0.3) is 0 Å². The first-order valence-electron chi connectivity index (χ1n) is 3.60. The van der Waals surface area contributed by atoms with E-state index in [4.69, 9.17) is 0 Å². The molecule has 0 spiro atoms. The minimum absolute atomic E-state index is 0.269. The Hall–Kier alpha value is -0.330. The van der Waals surface area contributed by atoms with Gasteiger partial charge in [0.2, 0.25) is 5.13 Å². The molecule has 1 aliphatic heterocycles. The van der Waals surface area contributed by atoms with Gasteiger partial charge in [0.05, 0.1) is 12.4 Å². The van der Waals surface area contributed by atoms with Crippen molar-refractivity contribution in [3.63, 3.8) is 0 Å². The number of aromatic nitrogens is 2. The fourth-order valence-electron chi connectivity index (χ4n) is 1.02. The standard InChI is InChI=1S/C6H9N3OS2/c1-4-7-8-6(12-4)9-2-5(10)11-3-9/h5,10H,2-3H2,1H3. The smallest absolute Gasteiger partial charge is 0.209 e. The van der Waals surface area contributed by atoms with Gasteiger partial charge in [0, 0.05) is 0 Å². The first-order chi connectivity index (χ1) is 5.75. The van der Waals surface area contributed by atoms with Gasteiger partial charge in [-0.1, -0.05) is 11.3 Å². The summed E-state index contributed by atoms with van der Waals surface area (Å²) in [4.78, 5) is 2.04. The average Bonchev–Trinajstić information content (AvgIpc) is 2.58. The third-order valence-electron chi connectivity index (χ3n) is 1.59. The molecule has 12 heavy (non-hydrogen) atoms. The lowest BCUT2D eigenvalue weighted by Gasteiger charge is -2.10. The van der Waals surface area contributed by atoms with E-state index in [1.807, 2.05) is 11.8 Å². The molecule has 1 fully saturated rings. The minimum atomic E-state index is -0.269. The number of aliphatic hydroxyl groups excluding tert-OH is 1. The van der Waals surface area contributed by atoms with Crippen molar-refractivity contribution in [3.05, 3.63) is 5.01 Å². The van der Waals surface area contributed by atoms with Gasteiger partial charge in [-0.15, -0.1) is 22.0 Å². The minimum Gasteiger partial charge on any atom is -0.381 e. The normalized spacial score (nSPS) is 23.5. The van der Waals surface area contributed by atoms with Gasteiger partial charge < -0.3 is 10.0 Å². The number of rotatable bonds is 1. The molecule has 1 saturated heterocycles. The number of β-amino-alcohol motifs (C(OH)–C–C–N with tert-alkyl or cyclic N) is 1. The van der Waals surface area contributed by atoms with Crippen LogP contribution in [0.3, 0.4) is 0 Å². The predicted octanol–water partition coefficient (Wildman–Crippen LogP) is 0.676. The summed E-state index contributed by atoms with van der Waals surface area (Å²) >= 11 is 3.10. The number of hydrogen-bond donors (Lipinski definition) is 1. The van der Waals surface area contributed by atoms with Crippen LogP contribution in [0.1, 0.15) is 5.01 Å². The predicted molar refractivity (Wildman–Crippen MR) is 50.5 cm³/mol. The first kappa shape index (κ1) is 8.28. The maximum Gasteiger partial charge on any atom is 0.209 e. The highest BCUT2D eigenvalue weighted by Crippen LogP contribution is 2.28. The van der Waals surface area contributed by atoms with Gasteiger partial charge >= 0.3 is 0 Å². The molecule has 1 N–H and O–H groups in total. The summed E-state index contributed by atoms with van der Waals surface area (Å²) < 4.78 is 0. The zero-order valence-corrected chi connectivity index (χ0v) is 8.23. The van der Waals surface area contributed by atoms with E-state index >= 15 is 0 Å². The van der Waals surface area contributed by atoms with E-state index in [-0.39, 0.29) is 5.44 Å². The van der Waals surface area contributed by atoms with Crippen molar-refractivity contribution in [1.29, 1.82) is 0 Å². The van der Waals surface area contributed by atoms with Crippen molar-refractivity contribution in [2.45, 2.75) is 12.4 Å². The molecule has 1 unspecified atom stereocenters. The monoisotopic (exact) mass is 203 g/mol. The Labute approximate surface area is 78.6 Å². The highest BCUT2D eigenvalue weighted by molar-refractivity contribution is 8.00. The molecule has 0 amide bonds. The Balaban J connectivity index is 2.11. The van der Waals surface area contributed by atoms with Crippen LogP contribution >= 0.6 is 23.1 Å². The van der Waals surface area contributed by atoms with Gasteiger partial charge in [-0.3, -0.25) is 0 Å². The van der Waals surface area contributed by atoms with Crippen LogP contribution in [0.5, 0.6) is 0 Å². The van der Waals surface area contributed by atoms with Crippen LogP contribution < -0.4 is 4.90 Å². The van der Waals surface area contributed by atoms with E-state index < -0.39 is 0 Å². The summed E-state index contributed by atoms with van der Waals surface area (Å²) in [7, 11) is 0. The molecule has 0 bridgehead atoms. The van der Waals surface area contributed by atoms with Gasteiger partial charge in [-0.05, 0) is 6.92 Å². The Morgan fingerprint density at radius 3 is 2.92 bits per heavy atom. The SMILES string of the molecule is Cc1nnc(N2CSC(O)C2)s1. The van der Waals surface area contributed by atoms with Crippen LogP contribution in [-0.4, -0.2) is 33.2 Å². The van der Waals surface area contributed by atoms with Crippen molar-refractivity contribution in [1.82, 2.24) is 10.2 Å². The average molecular weight is 203 g/mol. The topological polar surface area (TPSA) is 49.2 Å². The Morgan fingerprint density at radius 2 is 2.42 bits per heavy atom. The Morgan fingerprint density at radius 1 is 1.58 bits per heavy atom. The molecule has 2 heterocycles. The number of anilines is 1. The van der Waals surface area contributed by atoms with E-state index in [0.717, 1.165) is 16.0 Å². The Bertz CT molecular complexity index is 278. The highest BCUT2D eigenvalue weighted by Gasteiger charge is 2.23. The maximum absolute atomic E-state index is 9.25. The number of aliphatic hydroxyl groups is 1. The molecular formula is C6H9N3OS2. The number of hydrogen-bond acceptors (Lipinski definition) is 6. The van der Waals surface area contributed by atoms with E-state index in [1.54, 1.807) is 11.3 Å². The molecule has 4 nitrogen and oxygen atoms in total. The van der Waals surface area contributed by atoms with Crippen molar-refractivity contribution in [3.8, 4) is 0 Å². The third kappa shape index (κ3) is 1.55. The quantitative estimate of drug-likeness (QED) is 0.727. The van der Waals surface area contributed by atoms with Crippen LogP contribution in [0.4, 0.5) is 5.13 Å². The summed E-state index contributed by atoms with van der Waals surface area (Å²) in [6.07, 6.45) is 0. The van der Waals surface area contributed by atoms with E-state index in [1.165, 1.54) is 11.8 Å². The van der Waals surface area contributed by atoms with Crippen LogP contribution in [0.2, 0.25) is 0 Å². The Kier molecular flexibility index (Phi) is 2.20. The molecule has 0 saturated carbocycles. The fraction of sp³-hybridized carbons (Fsp3) is 0.667. The van der Waals surface area contributed by atoms with Gasteiger partial charge in [0.25, 0.3) is 0 Å². The zero-order chi connectivity index (χ0) is 8.55. The highest BCUT2D eigenvalue weighted by atomic mass is 32.2. The third-order valence-corrected chi connectivity index (χ3v) is 3.48. The molecular weight excluding hydrogens is 194 g/mol. The second-order valence-electron chi connectivity index (χ2n) is 2.58.